The Balaban J connectivity index is 2.00. The van der Waals surface area contributed by atoms with Crippen LogP contribution in [0.3, 0.4) is 0 Å². The second-order valence-electron chi connectivity index (χ2n) is 4.40. The minimum atomic E-state index is -0.868. The second-order valence-corrected chi connectivity index (χ2v) is 4.40. The van der Waals surface area contributed by atoms with Gasteiger partial charge in [-0.1, -0.05) is 42.5 Å². The highest BCUT2D eigenvalue weighted by Gasteiger charge is 2.10. The number of hydrogen-bond donors (Lipinski definition) is 0. The molecule has 1 nitrogen and oxygen atoms in total. The summed E-state index contributed by atoms with van der Waals surface area (Å²) < 4.78 is 26.9. The third-order valence-corrected chi connectivity index (χ3v) is 3.10. The molecular formula is C17H11F2N. The van der Waals surface area contributed by atoms with Crippen molar-refractivity contribution in [1.29, 1.82) is 0 Å². The summed E-state index contributed by atoms with van der Waals surface area (Å²) in [6.45, 7) is 0. The molecule has 0 spiro atoms. The van der Waals surface area contributed by atoms with E-state index >= 15 is 0 Å². The van der Waals surface area contributed by atoms with Gasteiger partial charge in [-0.25, -0.2) is 8.78 Å². The first-order valence-electron chi connectivity index (χ1n) is 6.21. The summed E-state index contributed by atoms with van der Waals surface area (Å²) in [5.74, 6) is -1.73. The molecule has 0 N–H and O–H groups in total. The maximum Gasteiger partial charge on any atom is 0.168 e. The van der Waals surface area contributed by atoms with Crippen molar-refractivity contribution >= 4 is 0 Å². The number of hydrogen-bond acceptors (Lipinski definition) is 1. The number of rotatable bonds is 2. The molecule has 0 radical (unpaired) electrons. The summed E-state index contributed by atoms with van der Waals surface area (Å²) in [7, 11) is 0. The number of pyridine rings is 1. The van der Waals surface area contributed by atoms with Crippen LogP contribution in [-0.2, 0) is 0 Å². The zero-order valence-corrected chi connectivity index (χ0v) is 10.6. The monoisotopic (exact) mass is 267 g/mol. The molecule has 0 unspecified atom stereocenters. The van der Waals surface area contributed by atoms with Gasteiger partial charge in [-0.2, -0.15) is 0 Å². The molecule has 98 valence electrons. The fraction of sp³-hybridized carbons (Fsp3) is 0. The van der Waals surface area contributed by atoms with Crippen molar-refractivity contribution in [2.45, 2.75) is 0 Å². The first-order valence-corrected chi connectivity index (χ1v) is 6.21. The van der Waals surface area contributed by atoms with E-state index in [0.717, 1.165) is 17.2 Å². The largest absolute Gasteiger partial charge is 0.256 e. The molecule has 0 amide bonds. The highest BCUT2D eigenvalue weighted by Crippen LogP contribution is 2.25. The molecule has 3 rings (SSSR count). The summed E-state index contributed by atoms with van der Waals surface area (Å²) in [5, 5.41) is 0. The van der Waals surface area contributed by atoms with E-state index in [4.69, 9.17) is 0 Å². The fourth-order valence-electron chi connectivity index (χ4n) is 2.06. The predicted molar refractivity (Wildman–Crippen MR) is 75.0 cm³/mol. The standard InChI is InChI=1S/C17H11F2N/c18-15-8-4-7-14(17(15)19)16-10-9-13(11-20-16)12-5-2-1-3-6-12/h1-11H. The first kappa shape index (κ1) is 12.5. The topological polar surface area (TPSA) is 12.9 Å². The van der Waals surface area contributed by atoms with Crippen LogP contribution >= 0.6 is 0 Å². The Morgan fingerprint density at radius 1 is 0.700 bits per heavy atom. The van der Waals surface area contributed by atoms with Crippen molar-refractivity contribution in [1.82, 2.24) is 4.98 Å². The van der Waals surface area contributed by atoms with Crippen LogP contribution in [0.1, 0.15) is 0 Å². The first-order chi connectivity index (χ1) is 9.75. The van der Waals surface area contributed by atoms with Gasteiger partial charge in [0.25, 0.3) is 0 Å². The minimum Gasteiger partial charge on any atom is -0.256 e. The Kier molecular flexibility index (Phi) is 3.25. The van der Waals surface area contributed by atoms with Gasteiger partial charge in [0.15, 0.2) is 11.6 Å². The fourth-order valence-corrected chi connectivity index (χ4v) is 2.06. The lowest BCUT2D eigenvalue weighted by molar-refractivity contribution is 0.511. The normalized spacial score (nSPS) is 10.5. The van der Waals surface area contributed by atoms with Crippen molar-refractivity contribution in [3.63, 3.8) is 0 Å². The Bertz CT molecular complexity index is 722. The molecule has 0 aliphatic rings. The Hall–Kier alpha value is -2.55. The highest BCUT2D eigenvalue weighted by molar-refractivity contribution is 5.66. The lowest BCUT2D eigenvalue weighted by Crippen LogP contribution is -1.91. The molecule has 3 heteroatoms. The second kappa shape index (κ2) is 5.21. The average Bonchev–Trinajstić information content (AvgIpc) is 2.51. The van der Waals surface area contributed by atoms with Gasteiger partial charge in [0, 0.05) is 17.3 Å². The van der Waals surface area contributed by atoms with Crippen molar-refractivity contribution < 1.29 is 8.78 Å². The van der Waals surface area contributed by atoms with E-state index in [0.29, 0.717) is 5.69 Å². The Morgan fingerprint density at radius 3 is 2.20 bits per heavy atom. The number of benzene rings is 2. The van der Waals surface area contributed by atoms with Crippen LogP contribution < -0.4 is 0 Å². The molecule has 1 heterocycles. The quantitative estimate of drug-likeness (QED) is 0.656. The number of halogens is 2. The Morgan fingerprint density at radius 2 is 1.50 bits per heavy atom. The van der Waals surface area contributed by atoms with E-state index in [1.54, 1.807) is 12.3 Å². The van der Waals surface area contributed by atoms with Crippen LogP contribution in [0, 0.1) is 11.6 Å². The molecular weight excluding hydrogens is 256 g/mol. The van der Waals surface area contributed by atoms with Crippen LogP contribution in [0.15, 0.2) is 66.9 Å². The van der Waals surface area contributed by atoms with Gasteiger partial charge in [-0.3, -0.25) is 4.98 Å². The molecule has 0 atom stereocenters. The highest BCUT2D eigenvalue weighted by atomic mass is 19.2. The van der Waals surface area contributed by atoms with Gasteiger partial charge in [0.05, 0.1) is 5.69 Å². The third kappa shape index (κ3) is 2.30. The molecule has 20 heavy (non-hydrogen) atoms. The summed E-state index contributed by atoms with van der Waals surface area (Å²) >= 11 is 0. The van der Waals surface area contributed by atoms with Crippen LogP contribution in [0.2, 0.25) is 0 Å². The van der Waals surface area contributed by atoms with Crippen molar-refractivity contribution in [2.24, 2.45) is 0 Å². The Labute approximate surface area is 115 Å². The summed E-state index contributed by atoms with van der Waals surface area (Å²) in [6.07, 6.45) is 1.66. The minimum absolute atomic E-state index is 0.171. The van der Waals surface area contributed by atoms with Gasteiger partial charge in [0.1, 0.15) is 0 Å². The summed E-state index contributed by atoms with van der Waals surface area (Å²) in [4.78, 5) is 4.22. The third-order valence-electron chi connectivity index (χ3n) is 3.10. The maximum absolute atomic E-state index is 13.7. The van der Waals surface area contributed by atoms with E-state index in [2.05, 4.69) is 4.98 Å². The number of nitrogens with zero attached hydrogens (tertiary/aromatic N) is 1. The van der Waals surface area contributed by atoms with Crippen LogP contribution in [0.4, 0.5) is 8.78 Å². The van der Waals surface area contributed by atoms with Gasteiger partial charge < -0.3 is 0 Å². The molecule has 1 aromatic heterocycles. The summed E-state index contributed by atoms with van der Waals surface area (Å²) in [6, 6.07) is 17.4. The zero-order valence-electron chi connectivity index (χ0n) is 10.6. The molecule has 0 bridgehead atoms. The summed E-state index contributed by atoms with van der Waals surface area (Å²) in [5.41, 5.74) is 2.56. The molecule has 0 saturated heterocycles. The van der Waals surface area contributed by atoms with Gasteiger partial charge >= 0.3 is 0 Å². The smallest absolute Gasteiger partial charge is 0.168 e. The van der Waals surface area contributed by atoms with E-state index in [1.807, 2.05) is 36.4 Å². The van der Waals surface area contributed by atoms with E-state index < -0.39 is 11.6 Å². The van der Waals surface area contributed by atoms with Gasteiger partial charge in [-0.05, 0) is 23.8 Å². The van der Waals surface area contributed by atoms with Crippen molar-refractivity contribution in [2.75, 3.05) is 0 Å². The molecule has 0 fully saturated rings. The zero-order chi connectivity index (χ0) is 13.9. The molecule has 0 aliphatic heterocycles. The van der Waals surface area contributed by atoms with Gasteiger partial charge in [0.2, 0.25) is 0 Å². The lowest BCUT2D eigenvalue weighted by Gasteiger charge is -2.05. The molecule has 2 aromatic carbocycles. The van der Waals surface area contributed by atoms with E-state index in [1.165, 1.54) is 12.1 Å². The van der Waals surface area contributed by atoms with Crippen LogP contribution in [-0.4, -0.2) is 4.98 Å². The van der Waals surface area contributed by atoms with Crippen molar-refractivity contribution in [3.05, 3.63) is 78.5 Å². The SMILES string of the molecule is Fc1cccc(-c2ccc(-c3ccccc3)cn2)c1F. The van der Waals surface area contributed by atoms with E-state index in [-0.39, 0.29) is 5.56 Å². The molecule has 0 saturated carbocycles. The predicted octanol–water partition coefficient (Wildman–Crippen LogP) is 4.69. The van der Waals surface area contributed by atoms with Gasteiger partial charge in [-0.15, -0.1) is 0 Å². The van der Waals surface area contributed by atoms with Crippen molar-refractivity contribution in [3.8, 4) is 22.4 Å². The number of aromatic nitrogens is 1. The van der Waals surface area contributed by atoms with E-state index in [9.17, 15) is 8.78 Å². The van der Waals surface area contributed by atoms with Crippen LogP contribution in [0.25, 0.3) is 22.4 Å². The maximum atomic E-state index is 13.7. The lowest BCUT2D eigenvalue weighted by atomic mass is 10.1. The molecule has 0 aliphatic carbocycles. The molecule has 3 aromatic rings. The van der Waals surface area contributed by atoms with Crippen LogP contribution in [0.5, 0.6) is 0 Å². The average molecular weight is 267 g/mol.